The van der Waals surface area contributed by atoms with Crippen LogP contribution in [0.5, 0.6) is 0 Å². The third-order valence-electron chi connectivity index (χ3n) is 2.48. The standard InChI is InChI=1S/C11H22N2O2S/c1-10(2,3)15-9(14)13-11(7-12)5-4-6-16-8-11/h4-8,12H2,1-3H3,(H,13,14). The summed E-state index contributed by atoms with van der Waals surface area (Å²) in [4.78, 5) is 11.7. The van der Waals surface area contributed by atoms with Crippen molar-refractivity contribution in [2.45, 2.75) is 44.8 Å². The molecule has 1 atom stereocenters. The molecule has 0 aromatic heterocycles. The van der Waals surface area contributed by atoms with Crippen molar-refractivity contribution < 1.29 is 9.53 Å². The van der Waals surface area contributed by atoms with Crippen LogP contribution < -0.4 is 11.1 Å². The van der Waals surface area contributed by atoms with Gasteiger partial charge in [0.05, 0.1) is 5.54 Å². The van der Waals surface area contributed by atoms with E-state index in [1.165, 1.54) is 0 Å². The molecule has 3 N–H and O–H groups in total. The van der Waals surface area contributed by atoms with Crippen molar-refractivity contribution in [3.05, 3.63) is 0 Å². The number of carbonyl (C=O) groups excluding carboxylic acids is 1. The third kappa shape index (κ3) is 4.22. The van der Waals surface area contributed by atoms with Gasteiger partial charge in [-0.2, -0.15) is 11.8 Å². The van der Waals surface area contributed by atoms with E-state index in [9.17, 15) is 4.79 Å². The van der Waals surface area contributed by atoms with E-state index < -0.39 is 5.60 Å². The molecular weight excluding hydrogens is 224 g/mol. The van der Waals surface area contributed by atoms with E-state index in [1.807, 2.05) is 32.5 Å². The third-order valence-corrected chi connectivity index (χ3v) is 3.81. The summed E-state index contributed by atoms with van der Waals surface area (Å²) in [6.45, 7) is 6.05. The first kappa shape index (κ1) is 13.6. The molecule has 1 amide bonds. The minimum Gasteiger partial charge on any atom is -0.444 e. The first-order valence-electron chi connectivity index (χ1n) is 5.66. The van der Waals surface area contributed by atoms with Gasteiger partial charge in [0.1, 0.15) is 5.60 Å². The molecule has 1 heterocycles. The molecule has 0 aliphatic carbocycles. The van der Waals surface area contributed by atoms with Gasteiger partial charge in [-0.05, 0) is 39.4 Å². The fourth-order valence-corrected chi connectivity index (χ4v) is 2.90. The zero-order chi connectivity index (χ0) is 12.2. The first-order valence-corrected chi connectivity index (χ1v) is 6.81. The molecule has 1 aliphatic rings. The molecule has 4 nitrogen and oxygen atoms in total. The highest BCUT2D eigenvalue weighted by Crippen LogP contribution is 2.26. The van der Waals surface area contributed by atoms with Crippen LogP contribution >= 0.6 is 11.8 Å². The van der Waals surface area contributed by atoms with E-state index in [0.29, 0.717) is 6.54 Å². The molecule has 16 heavy (non-hydrogen) atoms. The van der Waals surface area contributed by atoms with Crippen LogP contribution in [0.3, 0.4) is 0 Å². The van der Waals surface area contributed by atoms with Crippen molar-refractivity contribution in [3.63, 3.8) is 0 Å². The number of alkyl carbamates (subject to hydrolysis) is 1. The SMILES string of the molecule is CC(C)(C)OC(=O)NC1(CN)CCCSC1. The van der Waals surface area contributed by atoms with Crippen LogP contribution in [0.2, 0.25) is 0 Å². The van der Waals surface area contributed by atoms with Gasteiger partial charge in [-0.15, -0.1) is 0 Å². The molecule has 0 spiro atoms. The zero-order valence-electron chi connectivity index (χ0n) is 10.3. The van der Waals surface area contributed by atoms with Crippen molar-refractivity contribution in [2.75, 3.05) is 18.1 Å². The lowest BCUT2D eigenvalue weighted by atomic mass is 9.96. The van der Waals surface area contributed by atoms with E-state index >= 15 is 0 Å². The van der Waals surface area contributed by atoms with Gasteiger partial charge in [0.2, 0.25) is 0 Å². The molecule has 1 aliphatic heterocycles. The van der Waals surface area contributed by atoms with Crippen LogP contribution in [0.1, 0.15) is 33.6 Å². The summed E-state index contributed by atoms with van der Waals surface area (Å²) in [7, 11) is 0. The summed E-state index contributed by atoms with van der Waals surface area (Å²) in [5.74, 6) is 2.03. The number of hydrogen-bond donors (Lipinski definition) is 2. The summed E-state index contributed by atoms with van der Waals surface area (Å²) in [5.41, 5.74) is 5.04. The maximum atomic E-state index is 11.7. The van der Waals surface area contributed by atoms with Gasteiger partial charge in [0.25, 0.3) is 0 Å². The number of hydrogen-bond acceptors (Lipinski definition) is 4. The first-order chi connectivity index (χ1) is 7.37. The zero-order valence-corrected chi connectivity index (χ0v) is 11.2. The number of carbonyl (C=O) groups is 1. The average molecular weight is 246 g/mol. The van der Waals surface area contributed by atoms with E-state index in [-0.39, 0.29) is 11.6 Å². The highest BCUT2D eigenvalue weighted by Gasteiger charge is 2.34. The summed E-state index contributed by atoms with van der Waals surface area (Å²) in [6.07, 6.45) is 1.67. The van der Waals surface area contributed by atoms with Gasteiger partial charge in [0.15, 0.2) is 0 Å². The van der Waals surface area contributed by atoms with Crippen LogP contribution in [0.15, 0.2) is 0 Å². The summed E-state index contributed by atoms with van der Waals surface area (Å²) >= 11 is 1.84. The van der Waals surface area contributed by atoms with E-state index in [4.69, 9.17) is 10.5 Å². The predicted octanol–water partition coefficient (Wildman–Crippen LogP) is 1.74. The highest BCUT2D eigenvalue weighted by atomic mass is 32.2. The van der Waals surface area contributed by atoms with Crippen molar-refractivity contribution in [2.24, 2.45) is 5.73 Å². The van der Waals surface area contributed by atoms with E-state index in [0.717, 1.165) is 24.3 Å². The Morgan fingerprint density at radius 2 is 2.25 bits per heavy atom. The molecule has 0 saturated carbocycles. The van der Waals surface area contributed by atoms with Crippen LogP contribution in [0.25, 0.3) is 0 Å². The van der Waals surface area contributed by atoms with Gasteiger partial charge < -0.3 is 15.8 Å². The van der Waals surface area contributed by atoms with E-state index in [1.54, 1.807) is 0 Å². The van der Waals surface area contributed by atoms with Crippen LogP contribution in [-0.2, 0) is 4.74 Å². The highest BCUT2D eigenvalue weighted by molar-refractivity contribution is 7.99. The molecular formula is C11H22N2O2S. The molecule has 0 aromatic carbocycles. The fourth-order valence-electron chi connectivity index (χ4n) is 1.68. The molecule has 1 rings (SSSR count). The second kappa shape index (κ2) is 5.27. The lowest BCUT2D eigenvalue weighted by Crippen LogP contribution is -2.57. The second-order valence-electron chi connectivity index (χ2n) is 5.27. The fraction of sp³-hybridized carbons (Fsp3) is 0.909. The van der Waals surface area contributed by atoms with Gasteiger partial charge in [-0.3, -0.25) is 0 Å². The lowest BCUT2D eigenvalue weighted by Gasteiger charge is -2.37. The molecule has 1 saturated heterocycles. The monoisotopic (exact) mass is 246 g/mol. The van der Waals surface area contributed by atoms with Crippen molar-refractivity contribution in [3.8, 4) is 0 Å². The molecule has 5 heteroatoms. The minimum atomic E-state index is -0.457. The minimum absolute atomic E-state index is 0.273. The number of ether oxygens (including phenoxy) is 1. The van der Waals surface area contributed by atoms with Gasteiger partial charge in [-0.1, -0.05) is 0 Å². The van der Waals surface area contributed by atoms with Crippen LogP contribution in [0, 0.1) is 0 Å². The Labute approximate surface area is 102 Å². The Kier molecular flexibility index (Phi) is 4.50. The molecule has 94 valence electrons. The molecule has 0 aromatic rings. The predicted molar refractivity (Wildman–Crippen MR) is 67.7 cm³/mol. The Hall–Kier alpha value is -0.420. The van der Waals surface area contributed by atoms with Crippen molar-refractivity contribution in [1.82, 2.24) is 5.32 Å². The second-order valence-corrected chi connectivity index (χ2v) is 6.37. The van der Waals surface area contributed by atoms with Crippen LogP contribution in [0.4, 0.5) is 4.79 Å². The number of nitrogens with two attached hydrogens (primary N) is 1. The largest absolute Gasteiger partial charge is 0.444 e. The smallest absolute Gasteiger partial charge is 0.408 e. The molecule has 1 fully saturated rings. The Morgan fingerprint density at radius 3 is 2.69 bits per heavy atom. The number of nitrogens with one attached hydrogen (secondary N) is 1. The normalized spacial score (nSPS) is 26.2. The summed E-state index contributed by atoms with van der Waals surface area (Å²) < 4.78 is 5.25. The van der Waals surface area contributed by atoms with E-state index in [2.05, 4.69) is 5.32 Å². The summed E-state index contributed by atoms with van der Waals surface area (Å²) in [6, 6.07) is 0. The Balaban J connectivity index is 2.52. The maximum Gasteiger partial charge on any atom is 0.408 e. The Morgan fingerprint density at radius 1 is 1.56 bits per heavy atom. The van der Waals surface area contributed by atoms with Crippen LogP contribution in [-0.4, -0.2) is 35.3 Å². The maximum absolute atomic E-state index is 11.7. The number of thioether (sulfide) groups is 1. The lowest BCUT2D eigenvalue weighted by molar-refractivity contribution is 0.0463. The molecule has 1 unspecified atom stereocenters. The molecule has 0 radical (unpaired) electrons. The quantitative estimate of drug-likeness (QED) is 0.779. The van der Waals surface area contributed by atoms with Gasteiger partial charge in [0, 0.05) is 12.3 Å². The number of rotatable bonds is 2. The van der Waals surface area contributed by atoms with Crippen molar-refractivity contribution >= 4 is 17.9 Å². The van der Waals surface area contributed by atoms with Gasteiger partial charge >= 0.3 is 6.09 Å². The topological polar surface area (TPSA) is 64.3 Å². The van der Waals surface area contributed by atoms with Gasteiger partial charge in [-0.25, -0.2) is 4.79 Å². The van der Waals surface area contributed by atoms with Crippen molar-refractivity contribution in [1.29, 1.82) is 0 Å². The molecule has 0 bridgehead atoms. The Bertz CT molecular complexity index is 245. The average Bonchev–Trinajstić information content (AvgIpc) is 2.16. The number of amides is 1. The summed E-state index contributed by atoms with van der Waals surface area (Å²) in [5, 5.41) is 2.93.